The molecule has 0 heterocycles. The Kier molecular flexibility index (Phi) is 5.33. The molecule has 0 aromatic heterocycles. The SMILES string of the molecule is CCC(N[C@H](CO)c1ccccc1)c1ccc(C)cc1. The molecule has 0 saturated carbocycles. The van der Waals surface area contributed by atoms with Crippen LogP contribution in [-0.2, 0) is 0 Å². The number of nitrogens with one attached hydrogen (secondary N) is 1. The van der Waals surface area contributed by atoms with E-state index in [0.29, 0.717) is 0 Å². The summed E-state index contributed by atoms with van der Waals surface area (Å²) < 4.78 is 0. The van der Waals surface area contributed by atoms with Crippen molar-refractivity contribution in [3.05, 3.63) is 71.3 Å². The van der Waals surface area contributed by atoms with E-state index >= 15 is 0 Å². The van der Waals surface area contributed by atoms with Gasteiger partial charge >= 0.3 is 0 Å². The van der Waals surface area contributed by atoms with Crippen LogP contribution in [0.25, 0.3) is 0 Å². The standard InChI is InChI=1S/C18H23NO/c1-3-17(16-11-9-14(2)10-12-16)19-18(13-20)15-7-5-4-6-8-15/h4-12,17-20H,3,13H2,1-2H3/t17?,18-/m1/s1. The van der Waals surface area contributed by atoms with Gasteiger partial charge in [-0.25, -0.2) is 0 Å². The highest BCUT2D eigenvalue weighted by molar-refractivity contribution is 5.25. The zero-order valence-electron chi connectivity index (χ0n) is 12.2. The molecule has 2 atom stereocenters. The summed E-state index contributed by atoms with van der Waals surface area (Å²) in [4.78, 5) is 0. The van der Waals surface area contributed by atoms with Crippen molar-refractivity contribution in [2.75, 3.05) is 6.61 Å². The van der Waals surface area contributed by atoms with Crippen molar-refractivity contribution in [3.63, 3.8) is 0 Å². The van der Waals surface area contributed by atoms with Crippen LogP contribution in [0, 0.1) is 6.92 Å². The third-order valence-corrected chi connectivity index (χ3v) is 3.67. The molecular weight excluding hydrogens is 246 g/mol. The molecule has 2 aromatic rings. The van der Waals surface area contributed by atoms with Gasteiger partial charge in [0.2, 0.25) is 0 Å². The summed E-state index contributed by atoms with van der Waals surface area (Å²) >= 11 is 0. The van der Waals surface area contributed by atoms with Gasteiger partial charge in [-0.3, -0.25) is 0 Å². The average Bonchev–Trinajstić information content (AvgIpc) is 2.51. The summed E-state index contributed by atoms with van der Waals surface area (Å²) in [6.45, 7) is 4.36. The molecule has 0 saturated heterocycles. The highest BCUT2D eigenvalue weighted by atomic mass is 16.3. The van der Waals surface area contributed by atoms with Crippen molar-refractivity contribution < 1.29 is 5.11 Å². The van der Waals surface area contributed by atoms with Gasteiger partial charge in [-0.05, 0) is 24.5 Å². The first-order valence-corrected chi connectivity index (χ1v) is 7.23. The number of hydrogen-bond donors (Lipinski definition) is 2. The minimum absolute atomic E-state index is 0.0255. The Morgan fingerprint density at radius 1 is 0.900 bits per heavy atom. The lowest BCUT2D eigenvalue weighted by molar-refractivity contribution is 0.232. The van der Waals surface area contributed by atoms with Gasteiger partial charge < -0.3 is 10.4 Å². The monoisotopic (exact) mass is 269 g/mol. The van der Waals surface area contributed by atoms with E-state index in [-0.39, 0.29) is 18.7 Å². The van der Waals surface area contributed by atoms with Gasteiger partial charge in [-0.15, -0.1) is 0 Å². The Morgan fingerprint density at radius 2 is 1.50 bits per heavy atom. The number of aliphatic hydroxyl groups is 1. The average molecular weight is 269 g/mol. The third-order valence-electron chi connectivity index (χ3n) is 3.67. The van der Waals surface area contributed by atoms with Crippen LogP contribution in [0.15, 0.2) is 54.6 Å². The molecule has 2 rings (SSSR count). The maximum atomic E-state index is 9.65. The van der Waals surface area contributed by atoms with E-state index in [1.165, 1.54) is 11.1 Å². The van der Waals surface area contributed by atoms with E-state index in [1.54, 1.807) is 0 Å². The number of hydrogen-bond acceptors (Lipinski definition) is 2. The van der Waals surface area contributed by atoms with Crippen molar-refractivity contribution >= 4 is 0 Å². The van der Waals surface area contributed by atoms with E-state index in [9.17, 15) is 5.11 Å². The van der Waals surface area contributed by atoms with Crippen molar-refractivity contribution in [3.8, 4) is 0 Å². The highest BCUT2D eigenvalue weighted by Crippen LogP contribution is 2.22. The highest BCUT2D eigenvalue weighted by Gasteiger charge is 2.16. The normalized spacial score (nSPS) is 13.9. The van der Waals surface area contributed by atoms with Gasteiger partial charge in [-0.2, -0.15) is 0 Å². The van der Waals surface area contributed by atoms with Crippen molar-refractivity contribution in [1.29, 1.82) is 0 Å². The largest absolute Gasteiger partial charge is 0.394 e. The smallest absolute Gasteiger partial charge is 0.0626 e. The molecule has 2 heteroatoms. The third kappa shape index (κ3) is 3.69. The van der Waals surface area contributed by atoms with Gasteiger partial charge in [0.05, 0.1) is 12.6 Å². The second-order valence-corrected chi connectivity index (χ2v) is 5.18. The molecule has 2 N–H and O–H groups in total. The number of benzene rings is 2. The molecular formula is C18H23NO. The molecule has 0 aliphatic carbocycles. The lowest BCUT2D eigenvalue weighted by atomic mass is 10.00. The summed E-state index contributed by atoms with van der Waals surface area (Å²) in [5.74, 6) is 0. The van der Waals surface area contributed by atoms with Crippen molar-refractivity contribution in [1.82, 2.24) is 5.32 Å². The Hall–Kier alpha value is -1.64. The molecule has 0 fully saturated rings. The molecule has 2 aromatic carbocycles. The molecule has 0 bridgehead atoms. The second-order valence-electron chi connectivity index (χ2n) is 5.18. The van der Waals surface area contributed by atoms with Crippen LogP contribution < -0.4 is 5.32 Å². The van der Waals surface area contributed by atoms with Gasteiger partial charge in [0.15, 0.2) is 0 Å². The fourth-order valence-corrected chi connectivity index (χ4v) is 2.43. The van der Waals surface area contributed by atoms with Crippen LogP contribution in [0.3, 0.4) is 0 Å². The summed E-state index contributed by atoms with van der Waals surface area (Å²) in [6.07, 6.45) is 0.992. The first kappa shape index (κ1) is 14.8. The number of rotatable bonds is 6. The maximum absolute atomic E-state index is 9.65. The Labute approximate surface area is 121 Å². The van der Waals surface area contributed by atoms with Crippen LogP contribution in [0.5, 0.6) is 0 Å². The molecule has 1 unspecified atom stereocenters. The Bertz CT molecular complexity index is 507. The van der Waals surface area contributed by atoms with E-state index in [4.69, 9.17) is 0 Å². The van der Waals surface area contributed by atoms with Crippen LogP contribution in [0.4, 0.5) is 0 Å². The predicted molar refractivity (Wildman–Crippen MR) is 83.6 cm³/mol. The molecule has 0 aliphatic rings. The first-order chi connectivity index (χ1) is 9.74. The molecule has 0 amide bonds. The topological polar surface area (TPSA) is 32.3 Å². The predicted octanol–water partition coefficient (Wildman–Crippen LogP) is 3.77. The molecule has 106 valence electrons. The molecule has 0 aliphatic heterocycles. The fraction of sp³-hybridized carbons (Fsp3) is 0.333. The number of aliphatic hydroxyl groups excluding tert-OH is 1. The van der Waals surface area contributed by atoms with Gasteiger partial charge in [-0.1, -0.05) is 67.1 Å². The van der Waals surface area contributed by atoms with E-state index in [1.807, 2.05) is 18.2 Å². The van der Waals surface area contributed by atoms with Crippen molar-refractivity contribution in [2.45, 2.75) is 32.4 Å². The number of aryl methyl sites for hydroxylation is 1. The van der Waals surface area contributed by atoms with E-state index in [2.05, 4.69) is 55.6 Å². The molecule has 2 nitrogen and oxygen atoms in total. The Balaban J connectivity index is 2.14. The summed E-state index contributed by atoms with van der Waals surface area (Å²) in [5, 5.41) is 13.2. The fourth-order valence-electron chi connectivity index (χ4n) is 2.43. The minimum Gasteiger partial charge on any atom is -0.394 e. The van der Waals surface area contributed by atoms with Gasteiger partial charge in [0.1, 0.15) is 0 Å². The Morgan fingerprint density at radius 3 is 2.05 bits per heavy atom. The maximum Gasteiger partial charge on any atom is 0.0626 e. The second kappa shape index (κ2) is 7.22. The van der Waals surface area contributed by atoms with Crippen molar-refractivity contribution in [2.24, 2.45) is 0 Å². The minimum atomic E-state index is -0.0255. The van der Waals surface area contributed by atoms with E-state index < -0.39 is 0 Å². The zero-order valence-corrected chi connectivity index (χ0v) is 12.2. The lowest BCUT2D eigenvalue weighted by Gasteiger charge is -2.24. The lowest BCUT2D eigenvalue weighted by Crippen LogP contribution is -2.28. The molecule has 20 heavy (non-hydrogen) atoms. The first-order valence-electron chi connectivity index (χ1n) is 7.23. The molecule has 0 radical (unpaired) electrons. The quantitative estimate of drug-likeness (QED) is 0.836. The zero-order chi connectivity index (χ0) is 14.4. The van der Waals surface area contributed by atoms with Crippen LogP contribution in [-0.4, -0.2) is 11.7 Å². The molecule has 0 spiro atoms. The summed E-state index contributed by atoms with van der Waals surface area (Å²) in [7, 11) is 0. The van der Waals surface area contributed by atoms with Gasteiger partial charge in [0, 0.05) is 6.04 Å². The van der Waals surface area contributed by atoms with E-state index in [0.717, 1.165) is 12.0 Å². The summed E-state index contributed by atoms with van der Waals surface area (Å²) in [5.41, 5.74) is 3.67. The van der Waals surface area contributed by atoms with Crippen LogP contribution in [0.2, 0.25) is 0 Å². The van der Waals surface area contributed by atoms with Crippen LogP contribution in [0.1, 0.15) is 42.1 Å². The summed E-state index contributed by atoms with van der Waals surface area (Å²) in [6, 6.07) is 18.9. The van der Waals surface area contributed by atoms with Crippen LogP contribution >= 0.6 is 0 Å². The van der Waals surface area contributed by atoms with Gasteiger partial charge in [0.25, 0.3) is 0 Å².